The summed E-state index contributed by atoms with van der Waals surface area (Å²) in [5.41, 5.74) is 1.93. The molecule has 1 aliphatic heterocycles. The number of carbonyl (C=O) groups excluding carboxylic acids is 1. The fraction of sp³-hybridized carbons (Fsp3) is 0.476. The van der Waals surface area contributed by atoms with Gasteiger partial charge in [0.05, 0.1) is 6.20 Å². The number of nitrogens with zero attached hydrogens (tertiary/aromatic N) is 4. The molecule has 0 aliphatic carbocycles. The molecule has 6 heteroatoms. The number of benzene rings is 1. The van der Waals surface area contributed by atoms with Crippen molar-refractivity contribution >= 4 is 23.4 Å². The average Bonchev–Trinajstić information content (AvgIpc) is 2.69. The summed E-state index contributed by atoms with van der Waals surface area (Å²) in [7, 11) is 3.88. The van der Waals surface area contributed by atoms with Crippen LogP contribution in [0.2, 0.25) is 0 Å². The van der Waals surface area contributed by atoms with Gasteiger partial charge in [-0.25, -0.2) is 4.98 Å². The van der Waals surface area contributed by atoms with Crippen LogP contribution in [-0.2, 0) is 11.2 Å². The molecular weight excluding hydrogens is 338 g/mol. The Morgan fingerprint density at radius 3 is 2.59 bits per heavy atom. The van der Waals surface area contributed by atoms with E-state index in [1.807, 2.05) is 37.2 Å². The van der Waals surface area contributed by atoms with E-state index in [2.05, 4.69) is 27.3 Å². The summed E-state index contributed by atoms with van der Waals surface area (Å²) in [6, 6.07) is 10.2. The summed E-state index contributed by atoms with van der Waals surface area (Å²) < 4.78 is 0. The van der Waals surface area contributed by atoms with Crippen molar-refractivity contribution in [1.82, 2.24) is 9.97 Å². The van der Waals surface area contributed by atoms with Crippen LogP contribution in [0.1, 0.15) is 37.7 Å². The number of anilines is 3. The average molecular weight is 367 g/mol. The van der Waals surface area contributed by atoms with E-state index >= 15 is 0 Å². The lowest BCUT2D eigenvalue weighted by Crippen LogP contribution is -2.31. The molecule has 0 saturated carbocycles. The van der Waals surface area contributed by atoms with Gasteiger partial charge >= 0.3 is 0 Å². The van der Waals surface area contributed by atoms with Crippen LogP contribution < -0.4 is 15.1 Å². The first-order valence-electron chi connectivity index (χ1n) is 9.76. The fourth-order valence-corrected chi connectivity index (χ4v) is 3.35. The number of nitrogens with one attached hydrogen (secondary N) is 1. The summed E-state index contributed by atoms with van der Waals surface area (Å²) in [6.07, 6.45) is 7.57. The third-order valence-electron chi connectivity index (χ3n) is 4.80. The molecule has 0 unspecified atom stereocenters. The second-order valence-corrected chi connectivity index (χ2v) is 7.24. The number of hydrogen-bond donors (Lipinski definition) is 1. The van der Waals surface area contributed by atoms with E-state index in [1.165, 1.54) is 24.8 Å². The zero-order valence-electron chi connectivity index (χ0n) is 16.3. The minimum Gasteiger partial charge on any atom is -0.361 e. The van der Waals surface area contributed by atoms with Crippen molar-refractivity contribution in [2.24, 2.45) is 0 Å². The summed E-state index contributed by atoms with van der Waals surface area (Å²) in [6.45, 7) is 2.00. The minimum atomic E-state index is 0.00311. The van der Waals surface area contributed by atoms with E-state index in [1.54, 1.807) is 6.20 Å². The molecule has 144 valence electrons. The van der Waals surface area contributed by atoms with Gasteiger partial charge in [0.2, 0.25) is 11.9 Å². The third kappa shape index (κ3) is 5.42. The molecule has 2 aromatic rings. The Morgan fingerprint density at radius 1 is 1.15 bits per heavy atom. The molecule has 1 amide bonds. The molecule has 1 fully saturated rings. The monoisotopic (exact) mass is 367 g/mol. The summed E-state index contributed by atoms with van der Waals surface area (Å²) in [5, 5.41) is 2.98. The zero-order valence-corrected chi connectivity index (χ0v) is 16.3. The van der Waals surface area contributed by atoms with Crippen LogP contribution in [0.15, 0.2) is 36.5 Å². The number of aromatic nitrogens is 2. The molecule has 27 heavy (non-hydrogen) atoms. The van der Waals surface area contributed by atoms with Crippen molar-refractivity contribution in [1.29, 1.82) is 0 Å². The Hall–Kier alpha value is -2.63. The Morgan fingerprint density at radius 2 is 1.89 bits per heavy atom. The van der Waals surface area contributed by atoms with Crippen LogP contribution in [0, 0.1) is 0 Å². The molecule has 6 nitrogen and oxygen atoms in total. The summed E-state index contributed by atoms with van der Waals surface area (Å²) in [4.78, 5) is 25.7. The van der Waals surface area contributed by atoms with E-state index in [9.17, 15) is 4.79 Å². The van der Waals surface area contributed by atoms with Crippen LogP contribution in [0.5, 0.6) is 0 Å². The molecule has 1 saturated heterocycles. The summed E-state index contributed by atoms with van der Waals surface area (Å²) >= 11 is 0. The number of hydrogen-bond acceptors (Lipinski definition) is 5. The first-order valence-corrected chi connectivity index (χ1v) is 9.76. The number of carbonyl (C=O) groups is 1. The van der Waals surface area contributed by atoms with Gasteiger partial charge < -0.3 is 15.1 Å². The molecule has 1 aromatic carbocycles. The smallest absolute Gasteiger partial charge is 0.227 e. The highest BCUT2D eigenvalue weighted by molar-refractivity contribution is 5.93. The number of aryl methyl sites for hydroxylation is 1. The lowest BCUT2D eigenvalue weighted by molar-refractivity contribution is -0.116. The van der Waals surface area contributed by atoms with E-state index in [0.717, 1.165) is 37.7 Å². The standard InChI is InChI=1S/C21H29N5O/c1-25(2)20-18(16-22-21(24-20)26-14-7-4-8-15-26)23-19(27)13-9-12-17-10-5-3-6-11-17/h3,5-6,10-11,16H,4,7-9,12-15H2,1-2H3,(H,23,27). The van der Waals surface area contributed by atoms with Crippen molar-refractivity contribution in [3.63, 3.8) is 0 Å². The Labute approximate surface area is 161 Å². The zero-order chi connectivity index (χ0) is 19.1. The molecule has 1 aromatic heterocycles. The Bertz CT molecular complexity index is 741. The van der Waals surface area contributed by atoms with Gasteiger partial charge in [-0.3, -0.25) is 4.79 Å². The maximum absolute atomic E-state index is 12.4. The maximum atomic E-state index is 12.4. The van der Waals surface area contributed by atoms with Crippen LogP contribution >= 0.6 is 0 Å². The number of amides is 1. The van der Waals surface area contributed by atoms with Crippen molar-refractivity contribution < 1.29 is 4.79 Å². The molecule has 0 spiro atoms. The van der Waals surface area contributed by atoms with Gasteiger partial charge in [-0.15, -0.1) is 0 Å². The van der Waals surface area contributed by atoms with Crippen molar-refractivity contribution in [3.05, 3.63) is 42.1 Å². The highest BCUT2D eigenvalue weighted by Gasteiger charge is 2.17. The normalized spacial score (nSPS) is 14.1. The summed E-state index contributed by atoms with van der Waals surface area (Å²) in [5.74, 6) is 1.51. The molecule has 2 heterocycles. The lowest BCUT2D eigenvalue weighted by atomic mass is 10.1. The maximum Gasteiger partial charge on any atom is 0.227 e. The van der Waals surface area contributed by atoms with Gasteiger partial charge in [-0.2, -0.15) is 4.98 Å². The topological polar surface area (TPSA) is 61.4 Å². The van der Waals surface area contributed by atoms with Gasteiger partial charge in [0.25, 0.3) is 0 Å². The highest BCUT2D eigenvalue weighted by atomic mass is 16.1. The van der Waals surface area contributed by atoms with Crippen molar-refractivity contribution in [2.75, 3.05) is 42.3 Å². The van der Waals surface area contributed by atoms with Crippen LogP contribution in [0.4, 0.5) is 17.5 Å². The van der Waals surface area contributed by atoms with E-state index in [0.29, 0.717) is 12.1 Å². The second kappa shape index (κ2) is 9.35. The lowest BCUT2D eigenvalue weighted by Gasteiger charge is -2.28. The van der Waals surface area contributed by atoms with E-state index in [4.69, 9.17) is 4.98 Å². The van der Waals surface area contributed by atoms with Crippen LogP contribution in [0.25, 0.3) is 0 Å². The molecule has 3 rings (SSSR count). The number of rotatable bonds is 7. The van der Waals surface area contributed by atoms with Gasteiger partial charge in [0.15, 0.2) is 5.82 Å². The van der Waals surface area contributed by atoms with Crippen LogP contribution in [0.3, 0.4) is 0 Å². The molecule has 1 aliphatic rings. The predicted molar refractivity (Wildman–Crippen MR) is 110 cm³/mol. The highest BCUT2D eigenvalue weighted by Crippen LogP contribution is 2.25. The molecular formula is C21H29N5O. The Balaban J connectivity index is 1.60. The molecule has 1 N–H and O–H groups in total. The van der Waals surface area contributed by atoms with Gasteiger partial charge in [0, 0.05) is 33.6 Å². The minimum absolute atomic E-state index is 0.00311. The number of piperidine rings is 1. The second-order valence-electron chi connectivity index (χ2n) is 7.24. The molecule has 0 bridgehead atoms. The fourth-order valence-electron chi connectivity index (χ4n) is 3.35. The first-order chi connectivity index (χ1) is 13.1. The third-order valence-corrected chi connectivity index (χ3v) is 4.80. The van der Waals surface area contributed by atoms with Gasteiger partial charge in [-0.05, 0) is 37.7 Å². The van der Waals surface area contributed by atoms with Crippen molar-refractivity contribution in [3.8, 4) is 0 Å². The first kappa shape index (κ1) is 19.1. The van der Waals surface area contributed by atoms with Gasteiger partial charge in [0.1, 0.15) is 5.69 Å². The predicted octanol–water partition coefficient (Wildman–Crippen LogP) is 3.49. The molecule has 0 radical (unpaired) electrons. The van der Waals surface area contributed by atoms with Crippen molar-refractivity contribution in [2.45, 2.75) is 38.5 Å². The van der Waals surface area contributed by atoms with E-state index < -0.39 is 0 Å². The Kier molecular flexibility index (Phi) is 6.63. The SMILES string of the molecule is CN(C)c1nc(N2CCCCC2)ncc1NC(=O)CCCc1ccccc1. The largest absolute Gasteiger partial charge is 0.361 e. The van der Waals surface area contributed by atoms with E-state index in [-0.39, 0.29) is 5.91 Å². The molecule has 0 atom stereocenters. The van der Waals surface area contributed by atoms with Gasteiger partial charge in [-0.1, -0.05) is 30.3 Å². The quantitative estimate of drug-likeness (QED) is 0.812. The van der Waals surface area contributed by atoms with Crippen LogP contribution in [-0.4, -0.2) is 43.1 Å².